The van der Waals surface area contributed by atoms with Gasteiger partial charge in [0.25, 0.3) is 0 Å². The monoisotopic (exact) mass is 243 g/mol. The summed E-state index contributed by atoms with van der Waals surface area (Å²) in [5.41, 5.74) is 0. The number of ether oxygens (including phenoxy) is 1. The van der Waals surface area contributed by atoms with Gasteiger partial charge in [-0.1, -0.05) is 19.8 Å². The SMILES string of the molecule is CCC(OC1CCCC1)C(=O)NCCC(=O)O. The number of nitrogens with one attached hydrogen (secondary N) is 1. The second-order valence-electron chi connectivity index (χ2n) is 4.37. The molecule has 1 rings (SSSR count). The lowest BCUT2D eigenvalue weighted by atomic mass is 10.2. The van der Waals surface area contributed by atoms with Gasteiger partial charge in [-0.25, -0.2) is 0 Å². The zero-order chi connectivity index (χ0) is 12.7. The highest BCUT2D eigenvalue weighted by Crippen LogP contribution is 2.22. The van der Waals surface area contributed by atoms with Gasteiger partial charge in [-0.05, 0) is 19.3 Å². The molecule has 5 nitrogen and oxygen atoms in total. The van der Waals surface area contributed by atoms with E-state index in [9.17, 15) is 9.59 Å². The van der Waals surface area contributed by atoms with Gasteiger partial charge in [-0.2, -0.15) is 0 Å². The Morgan fingerprint density at radius 2 is 2.06 bits per heavy atom. The van der Waals surface area contributed by atoms with Crippen molar-refractivity contribution in [3.8, 4) is 0 Å². The summed E-state index contributed by atoms with van der Waals surface area (Å²) in [4.78, 5) is 22.0. The summed E-state index contributed by atoms with van der Waals surface area (Å²) < 4.78 is 5.72. The van der Waals surface area contributed by atoms with Crippen molar-refractivity contribution in [1.82, 2.24) is 5.32 Å². The van der Waals surface area contributed by atoms with Crippen LogP contribution in [0.4, 0.5) is 0 Å². The second-order valence-corrected chi connectivity index (χ2v) is 4.37. The molecule has 0 saturated heterocycles. The van der Waals surface area contributed by atoms with E-state index in [1.165, 1.54) is 12.8 Å². The van der Waals surface area contributed by atoms with Crippen LogP contribution in [0.3, 0.4) is 0 Å². The maximum Gasteiger partial charge on any atom is 0.305 e. The summed E-state index contributed by atoms with van der Waals surface area (Å²) in [5.74, 6) is -1.10. The molecule has 1 amide bonds. The Bertz CT molecular complexity index is 261. The van der Waals surface area contributed by atoms with Crippen LogP contribution in [0, 0.1) is 0 Å². The summed E-state index contributed by atoms with van der Waals surface area (Å²) in [7, 11) is 0. The lowest BCUT2D eigenvalue weighted by Gasteiger charge is -2.20. The van der Waals surface area contributed by atoms with Gasteiger partial charge in [0.1, 0.15) is 6.10 Å². The third-order valence-electron chi connectivity index (χ3n) is 2.96. The van der Waals surface area contributed by atoms with Crippen molar-refractivity contribution < 1.29 is 19.4 Å². The molecule has 0 bridgehead atoms. The van der Waals surface area contributed by atoms with Gasteiger partial charge in [-0.15, -0.1) is 0 Å². The lowest BCUT2D eigenvalue weighted by molar-refractivity contribution is -0.138. The Kier molecular flexibility index (Phi) is 5.97. The predicted molar refractivity (Wildman–Crippen MR) is 62.7 cm³/mol. The summed E-state index contributed by atoms with van der Waals surface area (Å²) >= 11 is 0. The molecular formula is C12H21NO4. The minimum Gasteiger partial charge on any atom is -0.481 e. The third-order valence-corrected chi connectivity index (χ3v) is 2.96. The first-order chi connectivity index (χ1) is 8.13. The van der Waals surface area contributed by atoms with Crippen molar-refractivity contribution in [1.29, 1.82) is 0 Å². The van der Waals surface area contributed by atoms with Crippen molar-refractivity contribution in [3.63, 3.8) is 0 Å². The maximum atomic E-state index is 11.7. The van der Waals surface area contributed by atoms with E-state index < -0.39 is 12.1 Å². The Balaban J connectivity index is 2.27. The molecule has 17 heavy (non-hydrogen) atoms. The van der Waals surface area contributed by atoms with Gasteiger partial charge < -0.3 is 15.2 Å². The molecule has 1 unspecified atom stereocenters. The molecule has 2 N–H and O–H groups in total. The maximum absolute atomic E-state index is 11.7. The Morgan fingerprint density at radius 3 is 2.59 bits per heavy atom. The first-order valence-corrected chi connectivity index (χ1v) is 6.28. The van der Waals surface area contributed by atoms with Crippen LogP contribution in [0.2, 0.25) is 0 Å². The molecule has 1 aliphatic rings. The van der Waals surface area contributed by atoms with Crippen molar-refractivity contribution in [2.45, 2.75) is 57.7 Å². The van der Waals surface area contributed by atoms with Crippen molar-refractivity contribution in [2.24, 2.45) is 0 Å². The van der Waals surface area contributed by atoms with Crippen LogP contribution in [0.1, 0.15) is 45.4 Å². The molecule has 1 fully saturated rings. The van der Waals surface area contributed by atoms with Crippen molar-refractivity contribution in [2.75, 3.05) is 6.54 Å². The Labute approximate surface area is 102 Å². The number of hydrogen-bond donors (Lipinski definition) is 2. The number of carboxylic acid groups (broad SMARTS) is 1. The van der Waals surface area contributed by atoms with Crippen LogP contribution in [0.25, 0.3) is 0 Å². The van der Waals surface area contributed by atoms with E-state index in [0.717, 1.165) is 12.8 Å². The minimum atomic E-state index is -0.907. The fraction of sp³-hybridized carbons (Fsp3) is 0.833. The van der Waals surface area contributed by atoms with E-state index in [1.54, 1.807) is 0 Å². The molecule has 0 spiro atoms. The highest BCUT2D eigenvalue weighted by Gasteiger charge is 2.24. The van der Waals surface area contributed by atoms with E-state index >= 15 is 0 Å². The van der Waals surface area contributed by atoms with Crippen molar-refractivity contribution in [3.05, 3.63) is 0 Å². The van der Waals surface area contributed by atoms with Crippen LogP contribution in [-0.2, 0) is 14.3 Å². The first-order valence-electron chi connectivity index (χ1n) is 6.28. The van der Waals surface area contributed by atoms with E-state index in [2.05, 4.69) is 5.32 Å². The van der Waals surface area contributed by atoms with Crippen LogP contribution in [0.5, 0.6) is 0 Å². The summed E-state index contributed by atoms with van der Waals surface area (Å²) in [6.45, 7) is 2.06. The van der Waals surface area contributed by atoms with E-state index in [4.69, 9.17) is 9.84 Å². The molecular weight excluding hydrogens is 222 g/mol. The number of aliphatic carboxylic acids is 1. The highest BCUT2D eigenvalue weighted by atomic mass is 16.5. The molecule has 5 heteroatoms. The predicted octanol–water partition coefficient (Wildman–Crippen LogP) is 1.32. The quantitative estimate of drug-likeness (QED) is 0.707. The Hall–Kier alpha value is -1.10. The zero-order valence-corrected chi connectivity index (χ0v) is 10.3. The van der Waals surface area contributed by atoms with Crippen LogP contribution < -0.4 is 5.32 Å². The van der Waals surface area contributed by atoms with E-state index in [1.807, 2.05) is 6.92 Å². The average molecular weight is 243 g/mol. The molecule has 0 aliphatic heterocycles. The molecule has 0 aromatic carbocycles. The number of carbonyl (C=O) groups is 2. The smallest absolute Gasteiger partial charge is 0.305 e. The van der Waals surface area contributed by atoms with Gasteiger partial charge in [0.05, 0.1) is 12.5 Å². The highest BCUT2D eigenvalue weighted by molar-refractivity contribution is 5.81. The molecule has 0 heterocycles. The van der Waals surface area contributed by atoms with Crippen LogP contribution >= 0.6 is 0 Å². The second kappa shape index (κ2) is 7.27. The Morgan fingerprint density at radius 1 is 1.41 bits per heavy atom. The minimum absolute atomic E-state index is 0.0500. The average Bonchev–Trinajstić information content (AvgIpc) is 2.77. The topological polar surface area (TPSA) is 75.6 Å². The molecule has 1 saturated carbocycles. The number of amides is 1. The largest absolute Gasteiger partial charge is 0.481 e. The van der Waals surface area contributed by atoms with Crippen molar-refractivity contribution >= 4 is 11.9 Å². The summed E-state index contributed by atoms with van der Waals surface area (Å²) in [6, 6.07) is 0. The third kappa shape index (κ3) is 5.17. The van der Waals surface area contributed by atoms with E-state index in [-0.39, 0.29) is 25.0 Å². The standard InChI is InChI=1S/C12H21NO4/c1-2-10(17-9-5-3-4-6-9)12(16)13-8-7-11(14)15/h9-10H,2-8H2,1H3,(H,13,16)(H,14,15). The van der Waals surface area contributed by atoms with E-state index in [0.29, 0.717) is 6.42 Å². The molecule has 1 atom stereocenters. The van der Waals surface area contributed by atoms with Gasteiger partial charge in [-0.3, -0.25) is 9.59 Å². The van der Waals surface area contributed by atoms with Gasteiger partial charge in [0.2, 0.25) is 5.91 Å². The lowest BCUT2D eigenvalue weighted by Crippen LogP contribution is -2.38. The number of hydrogen-bond acceptors (Lipinski definition) is 3. The molecule has 0 aromatic rings. The molecule has 0 radical (unpaired) electrons. The fourth-order valence-corrected chi connectivity index (χ4v) is 2.01. The molecule has 98 valence electrons. The summed E-state index contributed by atoms with van der Waals surface area (Å²) in [5, 5.41) is 11.1. The summed E-state index contributed by atoms with van der Waals surface area (Å²) in [6.07, 6.45) is 4.72. The number of carbonyl (C=O) groups excluding carboxylic acids is 1. The zero-order valence-electron chi connectivity index (χ0n) is 10.3. The van der Waals surface area contributed by atoms with Crippen LogP contribution in [-0.4, -0.2) is 35.7 Å². The van der Waals surface area contributed by atoms with Gasteiger partial charge >= 0.3 is 5.97 Å². The normalized spacial score (nSPS) is 17.9. The van der Waals surface area contributed by atoms with Gasteiger partial charge in [0, 0.05) is 6.54 Å². The fourth-order valence-electron chi connectivity index (χ4n) is 2.01. The molecule has 1 aliphatic carbocycles. The van der Waals surface area contributed by atoms with Crippen LogP contribution in [0.15, 0.2) is 0 Å². The van der Waals surface area contributed by atoms with Gasteiger partial charge in [0.15, 0.2) is 0 Å². The molecule has 0 aromatic heterocycles. The number of carboxylic acids is 1. The first kappa shape index (κ1) is 14.0. The number of rotatable bonds is 7.